The van der Waals surface area contributed by atoms with Crippen LogP contribution in [0.25, 0.3) is 0 Å². The van der Waals surface area contributed by atoms with Crippen LogP contribution in [0.5, 0.6) is 0 Å². The molecule has 2 fully saturated rings. The van der Waals surface area contributed by atoms with Gasteiger partial charge in [-0.3, -0.25) is 9.69 Å². The number of Topliss-reactive ketones (excluding diaryl/α,β-unsaturated/α-hetero) is 1. The van der Waals surface area contributed by atoms with E-state index in [-0.39, 0.29) is 5.54 Å². The molecule has 80 valence electrons. The summed E-state index contributed by atoms with van der Waals surface area (Å²) in [7, 11) is 0. The molecule has 3 atom stereocenters. The van der Waals surface area contributed by atoms with E-state index in [2.05, 4.69) is 18.7 Å². The molecule has 2 nitrogen and oxygen atoms in total. The zero-order chi connectivity index (χ0) is 10.3. The van der Waals surface area contributed by atoms with Gasteiger partial charge in [0, 0.05) is 12.6 Å². The Morgan fingerprint density at radius 2 is 2.21 bits per heavy atom. The summed E-state index contributed by atoms with van der Waals surface area (Å²) in [5, 5.41) is 0. The number of ketones is 1. The molecule has 0 N–H and O–H groups in total. The molecule has 1 heterocycles. The van der Waals surface area contributed by atoms with E-state index in [9.17, 15) is 4.79 Å². The predicted molar refractivity (Wildman–Crippen MR) is 57.2 cm³/mol. The van der Waals surface area contributed by atoms with Crippen LogP contribution in [0.3, 0.4) is 0 Å². The average molecular weight is 195 g/mol. The number of carbonyl (C=O) groups excluding carboxylic acids is 1. The van der Waals surface area contributed by atoms with Crippen molar-refractivity contribution in [2.24, 2.45) is 5.92 Å². The lowest BCUT2D eigenvalue weighted by atomic mass is 9.89. The van der Waals surface area contributed by atoms with Crippen LogP contribution in [0, 0.1) is 5.92 Å². The van der Waals surface area contributed by atoms with Crippen LogP contribution in [0.1, 0.15) is 46.5 Å². The van der Waals surface area contributed by atoms with Crippen molar-refractivity contribution in [2.75, 3.05) is 6.54 Å². The molecule has 0 amide bonds. The quantitative estimate of drug-likeness (QED) is 0.688. The minimum absolute atomic E-state index is 0.181. The van der Waals surface area contributed by atoms with Crippen molar-refractivity contribution in [3.05, 3.63) is 0 Å². The van der Waals surface area contributed by atoms with E-state index in [1.54, 1.807) is 6.92 Å². The first-order chi connectivity index (χ1) is 6.58. The summed E-state index contributed by atoms with van der Waals surface area (Å²) in [6.07, 6.45) is 4.99. The van der Waals surface area contributed by atoms with Crippen LogP contribution in [-0.4, -0.2) is 28.8 Å². The van der Waals surface area contributed by atoms with Gasteiger partial charge >= 0.3 is 0 Å². The molecule has 3 unspecified atom stereocenters. The van der Waals surface area contributed by atoms with Crippen molar-refractivity contribution in [1.29, 1.82) is 0 Å². The minimum atomic E-state index is -0.181. The maximum absolute atomic E-state index is 11.7. The summed E-state index contributed by atoms with van der Waals surface area (Å²) in [5.41, 5.74) is -0.181. The van der Waals surface area contributed by atoms with Crippen molar-refractivity contribution in [2.45, 2.75) is 58.0 Å². The molecule has 14 heavy (non-hydrogen) atoms. The van der Waals surface area contributed by atoms with Crippen molar-refractivity contribution >= 4 is 5.78 Å². The van der Waals surface area contributed by atoms with Crippen LogP contribution >= 0.6 is 0 Å². The first-order valence-corrected chi connectivity index (χ1v) is 5.85. The predicted octanol–water partition coefficient (Wildman–Crippen LogP) is 2.23. The molecule has 0 aromatic heterocycles. The van der Waals surface area contributed by atoms with Gasteiger partial charge in [-0.05, 0) is 45.4 Å². The fourth-order valence-corrected chi connectivity index (χ4v) is 3.18. The summed E-state index contributed by atoms with van der Waals surface area (Å²) < 4.78 is 0. The van der Waals surface area contributed by atoms with Gasteiger partial charge in [0.15, 0.2) is 0 Å². The number of hydrogen-bond donors (Lipinski definition) is 0. The molecule has 0 radical (unpaired) electrons. The first kappa shape index (κ1) is 10.2. The fourth-order valence-electron chi connectivity index (χ4n) is 3.18. The van der Waals surface area contributed by atoms with Crippen LogP contribution in [0.2, 0.25) is 0 Å². The van der Waals surface area contributed by atoms with Crippen molar-refractivity contribution in [3.63, 3.8) is 0 Å². The van der Waals surface area contributed by atoms with E-state index in [4.69, 9.17) is 0 Å². The highest BCUT2D eigenvalue weighted by Gasteiger charge is 2.47. The Balaban J connectivity index is 2.17. The molecule has 2 heteroatoms. The van der Waals surface area contributed by atoms with Gasteiger partial charge in [-0.15, -0.1) is 0 Å². The number of hydrogen-bond acceptors (Lipinski definition) is 2. The summed E-state index contributed by atoms with van der Waals surface area (Å²) in [6, 6.07) is 0.703. The molecular weight excluding hydrogens is 174 g/mol. The molecule has 1 aliphatic heterocycles. The molecule has 0 aromatic carbocycles. The molecule has 1 saturated heterocycles. The Bertz CT molecular complexity index is 251. The second-order valence-corrected chi connectivity index (χ2v) is 5.17. The Morgan fingerprint density at radius 1 is 1.50 bits per heavy atom. The molecule has 0 aromatic rings. The van der Waals surface area contributed by atoms with Crippen molar-refractivity contribution < 1.29 is 4.79 Å². The lowest BCUT2D eigenvalue weighted by Crippen LogP contribution is -2.54. The highest BCUT2D eigenvalue weighted by molar-refractivity contribution is 5.85. The first-order valence-electron chi connectivity index (χ1n) is 5.85. The molecule has 0 spiro atoms. The SMILES string of the molecule is CCC(C)(C(C)=O)N1CC2CCC1C2. The summed E-state index contributed by atoms with van der Waals surface area (Å²) in [6.45, 7) is 7.16. The number of nitrogens with zero attached hydrogens (tertiary/aromatic N) is 1. The van der Waals surface area contributed by atoms with Gasteiger partial charge in [0.2, 0.25) is 0 Å². The highest BCUT2D eigenvalue weighted by Crippen LogP contribution is 2.42. The molecule has 1 aliphatic carbocycles. The number of fused-ring (bicyclic) bond motifs is 2. The molecule has 2 bridgehead atoms. The van der Waals surface area contributed by atoms with Crippen LogP contribution in [-0.2, 0) is 4.79 Å². The number of rotatable bonds is 3. The summed E-state index contributed by atoms with van der Waals surface area (Å²) >= 11 is 0. The Labute approximate surface area is 86.7 Å². The third-order valence-electron chi connectivity index (χ3n) is 4.49. The lowest BCUT2D eigenvalue weighted by Gasteiger charge is -2.41. The second kappa shape index (κ2) is 3.34. The van der Waals surface area contributed by atoms with E-state index in [1.165, 1.54) is 19.3 Å². The third-order valence-corrected chi connectivity index (χ3v) is 4.49. The zero-order valence-electron chi connectivity index (χ0n) is 9.55. The Morgan fingerprint density at radius 3 is 2.57 bits per heavy atom. The van der Waals surface area contributed by atoms with E-state index >= 15 is 0 Å². The van der Waals surface area contributed by atoms with Gasteiger partial charge in [-0.2, -0.15) is 0 Å². The number of piperidine rings is 1. The number of likely N-dealkylation sites (tertiary alicyclic amines) is 1. The average Bonchev–Trinajstić information content (AvgIpc) is 2.77. The van der Waals surface area contributed by atoms with Crippen LogP contribution < -0.4 is 0 Å². The molecule has 1 saturated carbocycles. The van der Waals surface area contributed by atoms with Gasteiger partial charge in [-0.1, -0.05) is 6.92 Å². The minimum Gasteiger partial charge on any atom is -0.298 e. The van der Waals surface area contributed by atoms with Gasteiger partial charge < -0.3 is 0 Å². The zero-order valence-corrected chi connectivity index (χ0v) is 9.55. The van der Waals surface area contributed by atoms with E-state index < -0.39 is 0 Å². The van der Waals surface area contributed by atoms with Gasteiger partial charge in [0.25, 0.3) is 0 Å². The maximum Gasteiger partial charge on any atom is 0.149 e. The molecular formula is C12H21NO. The Kier molecular flexibility index (Phi) is 2.42. The summed E-state index contributed by atoms with van der Waals surface area (Å²) in [4.78, 5) is 14.2. The van der Waals surface area contributed by atoms with Crippen molar-refractivity contribution in [1.82, 2.24) is 4.90 Å². The van der Waals surface area contributed by atoms with Crippen LogP contribution in [0.4, 0.5) is 0 Å². The highest BCUT2D eigenvalue weighted by atomic mass is 16.1. The molecule has 2 aliphatic rings. The van der Waals surface area contributed by atoms with E-state index in [1.807, 2.05) is 0 Å². The van der Waals surface area contributed by atoms with E-state index in [0.717, 1.165) is 18.9 Å². The monoisotopic (exact) mass is 195 g/mol. The number of carbonyl (C=O) groups is 1. The lowest BCUT2D eigenvalue weighted by molar-refractivity contribution is -0.129. The van der Waals surface area contributed by atoms with Crippen molar-refractivity contribution in [3.8, 4) is 0 Å². The topological polar surface area (TPSA) is 20.3 Å². The third kappa shape index (κ3) is 1.31. The van der Waals surface area contributed by atoms with Gasteiger partial charge in [0.05, 0.1) is 5.54 Å². The fraction of sp³-hybridized carbons (Fsp3) is 0.917. The normalized spacial score (nSPS) is 35.9. The smallest absolute Gasteiger partial charge is 0.149 e. The molecule has 2 rings (SSSR count). The van der Waals surface area contributed by atoms with Gasteiger partial charge in [0.1, 0.15) is 5.78 Å². The maximum atomic E-state index is 11.7. The second-order valence-electron chi connectivity index (χ2n) is 5.17. The Hall–Kier alpha value is -0.370. The van der Waals surface area contributed by atoms with Crippen LogP contribution in [0.15, 0.2) is 0 Å². The largest absolute Gasteiger partial charge is 0.298 e. The standard InChI is InChI=1S/C12H21NO/c1-4-12(3,9(2)14)13-8-10-5-6-11(13)7-10/h10-11H,4-8H2,1-3H3. The summed E-state index contributed by atoms with van der Waals surface area (Å²) in [5.74, 6) is 1.22. The van der Waals surface area contributed by atoms with E-state index in [0.29, 0.717) is 11.8 Å². The van der Waals surface area contributed by atoms with Gasteiger partial charge in [-0.25, -0.2) is 0 Å².